The second-order valence-electron chi connectivity index (χ2n) is 5.84. The van der Waals surface area contributed by atoms with E-state index in [9.17, 15) is 14.7 Å². The van der Waals surface area contributed by atoms with Crippen molar-refractivity contribution >= 4 is 5.78 Å². The van der Waals surface area contributed by atoms with Crippen LogP contribution in [0.25, 0.3) is 22.3 Å². The van der Waals surface area contributed by atoms with Crippen LogP contribution in [0.4, 0.5) is 0 Å². The molecule has 0 aromatic heterocycles. The van der Waals surface area contributed by atoms with Crippen LogP contribution in [0.15, 0.2) is 71.5 Å². The van der Waals surface area contributed by atoms with Gasteiger partial charge in [-0.15, -0.1) is 0 Å². The van der Waals surface area contributed by atoms with Crippen molar-refractivity contribution in [2.75, 3.05) is 7.11 Å². The van der Waals surface area contributed by atoms with Crippen LogP contribution in [0, 0.1) is 0 Å². The molecule has 0 bridgehead atoms. The molecule has 0 fully saturated rings. The van der Waals surface area contributed by atoms with Crippen molar-refractivity contribution in [2.45, 2.75) is 6.92 Å². The lowest BCUT2D eigenvalue weighted by molar-refractivity contribution is 0.101. The van der Waals surface area contributed by atoms with Gasteiger partial charge < -0.3 is 9.84 Å². The molecule has 0 aliphatic rings. The van der Waals surface area contributed by atoms with E-state index >= 15 is 0 Å². The molecule has 0 spiro atoms. The molecule has 0 radical (unpaired) electrons. The predicted octanol–water partition coefficient (Wildman–Crippen LogP) is 4.30. The molecule has 0 unspecified atom stereocenters. The number of benzene rings is 2. The Bertz CT molecular complexity index is 1010. The number of methoxy groups -OCH3 is 1. The number of ketones is 1. The van der Waals surface area contributed by atoms with Gasteiger partial charge in [0.25, 0.3) is 0 Å². The van der Waals surface area contributed by atoms with Gasteiger partial charge in [0, 0.05) is 5.56 Å². The molecule has 1 N–H and O–H groups in total. The lowest BCUT2D eigenvalue weighted by atomic mass is 10.0. The summed E-state index contributed by atoms with van der Waals surface area (Å²) in [6, 6.07) is 19.6. The number of hydrogen-bond donors (Lipinski definition) is 1. The molecule has 0 atom stereocenters. The van der Waals surface area contributed by atoms with Gasteiger partial charge >= 0.3 is 0 Å². The number of carbonyl (C=O) groups is 1. The highest BCUT2D eigenvalue weighted by Crippen LogP contribution is 2.37. The van der Waals surface area contributed by atoms with E-state index in [1.165, 1.54) is 14.0 Å². The van der Waals surface area contributed by atoms with E-state index in [-0.39, 0.29) is 16.9 Å². The summed E-state index contributed by atoms with van der Waals surface area (Å²) >= 11 is 0. The summed E-state index contributed by atoms with van der Waals surface area (Å²) in [5.74, 6) is -0.544. The summed E-state index contributed by atoms with van der Waals surface area (Å²) in [6.45, 7) is 1.27. The highest BCUT2D eigenvalue weighted by atomic mass is 16.5. The Hall–Kier alpha value is -3.40. The van der Waals surface area contributed by atoms with Crippen molar-refractivity contribution in [2.24, 2.45) is 0 Å². The topological polar surface area (TPSA) is 63.6 Å². The Morgan fingerprint density at radius 1 is 0.923 bits per heavy atom. The van der Waals surface area contributed by atoms with Crippen LogP contribution in [0.3, 0.4) is 0 Å². The first kappa shape index (κ1) is 17.4. The van der Waals surface area contributed by atoms with Crippen molar-refractivity contribution in [3.05, 3.63) is 82.5 Å². The maximum atomic E-state index is 13.1. The van der Waals surface area contributed by atoms with Crippen molar-refractivity contribution in [1.82, 2.24) is 0 Å². The highest BCUT2D eigenvalue weighted by molar-refractivity contribution is 6.00. The molecule has 4 nitrogen and oxygen atoms in total. The zero-order valence-electron chi connectivity index (χ0n) is 14.5. The lowest BCUT2D eigenvalue weighted by Crippen LogP contribution is -2.13. The van der Waals surface area contributed by atoms with Gasteiger partial charge in [0.05, 0.1) is 12.7 Å². The third kappa shape index (κ3) is 3.09. The van der Waals surface area contributed by atoms with Crippen molar-refractivity contribution in [3.8, 4) is 33.8 Å². The number of carbonyl (C=O) groups excluding carboxylic acids is 1. The number of hydrogen-bond acceptors (Lipinski definition) is 4. The summed E-state index contributed by atoms with van der Waals surface area (Å²) in [6.07, 6.45) is 0. The van der Waals surface area contributed by atoms with Gasteiger partial charge in [-0.1, -0.05) is 60.7 Å². The van der Waals surface area contributed by atoms with E-state index in [1.807, 2.05) is 24.3 Å². The third-order valence-corrected chi connectivity index (χ3v) is 4.19. The van der Waals surface area contributed by atoms with Crippen LogP contribution in [-0.2, 0) is 0 Å². The SMILES string of the molecule is COc1cc(-c2ccccc2)c(O)c(C(C)=O)c(=O)c1-c1ccccc1. The minimum atomic E-state index is -0.555. The number of rotatable bonds is 4. The van der Waals surface area contributed by atoms with Crippen molar-refractivity contribution < 1.29 is 14.6 Å². The molecule has 0 aliphatic heterocycles. The molecule has 4 heteroatoms. The Labute approximate surface area is 151 Å². The average molecular weight is 346 g/mol. The Morgan fingerprint density at radius 3 is 1.96 bits per heavy atom. The molecular weight excluding hydrogens is 328 g/mol. The standard InChI is InChI=1S/C22H18O4/c1-14(23)19-21(24)17(15-9-5-3-6-10-15)13-18(26-2)20(22(19)25)16-11-7-4-8-12-16/h3-13,24H,1-2H3. The second-order valence-corrected chi connectivity index (χ2v) is 5.84. The third-order valence-electron chi connectivity index (χ3n) is 4.19. The smallest absolute Gasteiger partial charge is 0.204 e. The number of aromatic hydroxyl groups is 1. The fourth-order valence-corrected chi connectivity index (χ4v) is 2.95. The molecule has 0 saturated heterocycles. The molecular formula is C22H18O4. The minimum Gasteiger partial charge on any atom is -0.506 e. The summed E-state index contributed by atoms with van der Waals surface area (Å²) in [7, 11) is 1.46. The first-order valence-corrected chi connectivity index (χ1v) is 8.14. The number of Topliss-reactive ketones (excluding diaryl/α,β-unsaturated/α-hetero) is 1. The summed E-state index contributed by atoms with van der Waals surface area (Å²) in [5, 5.41) is 10.8. The van der Waals surface area contributed by atoms with Gasteiger partial charge in [-0.25, -0.2) is 0 Å². The lowest BCUT2D eigenvalue weighted by Gasteiger charge is -2.06. The maximum absolute atomic E-state index is 13.1. The molecule has 3 aromatic rings. The van der Waals surface area contributed by atoms with Crippen molar-refractivity contribution in [1.29, 1.82) is 0 Å². The van der Waals surface area contributed by atoms with Crippen molar-refractivity contribution in [3.63, 3.8) is 0 Å². The van der Waals surface area contributed by atoms with E-state index in [0.717, 1.165) is 0 Å². The van der Waals surface area contributed by atoms with Crippen LogP contribution >= 0.6 is 0 Å². The van der Waals surface area contributed by atoms with Gasteiger partial charge in [0.2, 0.25) is 5.43 Å². The molecule has 0 aliphatic carbocycles. The molecule has 0 amide bonds. The van der Waals surface area contributed by atoms with E-state index in [2.05, 4.69) is 0 Å². The Kier molecular flexibility index (Phi) is 4.85. The first-order chi connectivity index (χ1) is 12.5. The van der Waals surface area contributed by atoms with Crippen LogP contribution in [0.5, 0.6) is 11.5 Å². The van der Waals surface area contributed by atoms with Gasteiger partial charge in [-0.05, 0) is 24.1 Å². The van der Waals surface area contributed by atoms with Gasteiger partial charge in [0.15, 0.2) is 5.78 Å². The van der Waals surface area contributed by atoms with Crippen LogP contribution in [0.2, 0.25) is 0 Å². The van der Waals surface area contributed by atoms with E-state index in [0.29, 0.717) is 22.4 Å². The average Bonchev–Trinajstić information content (AvgIpc) is 2.76. The summed E-state index contributed by atoms with van der Waals surface area (Å²) in [4.78, 5) is 25.3. The largest absolute Gasteiger partial charge is 0.506 e. The quantitative estimate of drug-likeness (QED) is 0.716. The minimum absolute atomic E-state index is 0.244. The fourth-order valence-electron chi connectivity index (χ4n) is 2.95. The summed E-state index contributed by atoms with van der Waals surface area (Å²) in [5.41, 5.74) is 1.11. The van der Waals surface area contributed by atoms with Gasteiger partial charge in [0.1, 0.15) is 17.1 Å². The first-order valence-electron chi connectivity index (χ1n) is 8.14. The Morgan fingerprint density at radius 2 is 1.46 bits per heavy atom. The molecule has 0 heterocycles. The molecule has 0 saturated carbocycles. The van der Waals surface area contributed by atoms with Crippen LogP contribution < -0.4 is 10.2 Å². The predicted molar refractivity (Wildman–Crippen MR) is 102 cm³/mol. The van der Waals surface area contributed by atoms with Crippen LogP contribution in [-0.4, -0.2) is 18.0 Å². The van der Waals surface area contributed by atoms with E-state index in [4.69, 9.17) is 4.74 Å². The Balaban J connectivity index is 2.49. The molecule has 130 valence electrons. The number of ether oxygens (including phenoxy) is 1. The molecule has 26 heavy (non-hydrogen) atoms. The molecule has 3 aromatic carbocycles. The van der Waals surface area contributed by atoms with Gasteiger partial charge in [-0.3, -0.25) is 9.59 Å². The summed E-state index contributed by atoms with van der Waals surface area (Å²) < 4.78 is 5.47. The van der Waals surface area contributed by atoms with Crippen LogP contribution in [0.1, 0.15) is 17.3 Å². The highest BCUT2D eigenvalue weighted by Gasteiger charge is 2.22. The fraction of sp³-hybridized carbons (Fsp3) is 0.0909. The van der Waals surface area contributed by atoms with E-state index in [1.54, 1.807) is 42.5 Å². The molecule has 3 rings (SSSR count). The monoisotopic (exact) mass is 346 g/mol. The van der Waals surface area contributed by atoms with Gasteiger partial charge in [-0.2, -0.15) is 0 Å². The second kappa shape index (κ2) is 7.23. The zero-order valence-corrected chi connectivity index (χ0v) is 14.5. The zero-order chi connectivity index (χ0) is 18.7. The van der Waals surface area contributed by atoms with E-state index < -0.39 is 11.2 Å². The maximum Gasteiger partial charge on any atom is 0.204 e. The normalized spacial score (nSPS) is 10.4.